The number of hydrogen-bond acceptors (Lipinski definition) is 6. The van der Waals surface area contributed by atoms with Crippen molar-refractivity contribution in [3.8, 4) is 0 Å². The molecule has 0 aliphatic carbocycles. The maximum absolute atomic E-state index is 12.1. The van der Waals surface area contributed by atoms with Crippen LogP contribution in [0.4, 0.5) is 11.4 Å². The highest BCUT2D eigenvalue weighted by molar-refractivity contribution is 6.00. The third-order valence-corrected chi connectivity index (χ3v) is 3.38. The van der Waals surface area contributed by atoms with Crippen molar-refractivity contribution >= 4 is 23.2 Å². The van der Waals surface area contributed by atoms with Crippen LogP contribution in [0, 0.1) is 27.2 Å². The van der Waals surface area contributed by atoms with Crippen LogP contribution >= 0.6 is 0 Å². The van der Waals surface area contributed by atoms with E-state index in [1.165, 1.54) is 37.3 Å². The Bertz CT molecular complexity index is 863. The van der Waals surface area contributed by atoms with E-state index in [0.29, 0.717) is 0 Å². The second kappa shape index (κ2) is 7.17. The van der Waals surface area contributed by atoms with Crippen LogP contribution in [0.2, 0.25) is 0 Å². The topological polar surface area (TPSA) is 144 Å². The van der Waals surface area contributed by atoms with Crippen molar-refractivity contribution in [1.29, 1.82) is 0 Å². The summed E-state index contributed by atoms with van der Waals surface area (Å²) in [5, 5.41) is 21.4. The summed E-state index contributed by atoms with van der Waals surface area (Å²) in [5.41, 5.74) is 4.20. The fourth-order valence-electron chi connectivity index (χ4n) is 2.05. The summed E-state index contributed by atoms with van der Waals surface area (Å²) < 4.78 is 0. The Kier molecular flexibility index (Phi) is 5.03. The molecule has 2 rings (SSSR count). The average molecular weight is 344 g/mol. The van der Waals surface area contributed by atoms with Crippen LogP contribution in [-0.4, -0.2) is 21.7 Å². The van der Waals surface area contributed by atoms with Crippen molar-refractivity contribution in [1.82, 2.24) is 10.9 Å². The average Bonchev–Trinajstić information content (AvgIpc) is 2.59. The van der Waals surface area contributed by atoms with Gasteiger partial charge < -0.3 is 0 Å². The van der Waals surface area contributed by atoms with Crippen molar-refractivity contribution in [2.75, 3.05) is 0 Å². The van der Waals surface area contributed by atoms with E-state index < -0.39 is 21.7 Å². The molecule has 10 nitrogen and oxygen atoms in total. The lowest BCUT2D eigenvalue weighted by molar-refractivity contribution is -0.385. The first-order valence-corrected chi connectivity index (χ1v) is 6.90. The number of carbonyl (C=O) groups excluding carboxylic acids is 2. The molecule has 0 bridgehead atoms. The molecule has 0 radical (unpaired) electrons. The molecule has 2 aromatic rings. The van der Waals surface area contributed by atoms with Crippen LogP contribution in [0.3, 0.4) is 0 Å². The molecule has 0 aliphatic rings. The van der Waals surface area contributed by atoms with Gasteiger partial charge in [-0.25, -0.2) is 0 Å². The summed E-state index contributed by atoms with van der Waals surface area (Å²) in [6, 6.07) is 8.79. The number of carbonyl (C=O) groups is 2. The number of nitro groups is 2. The maximum atomic E-state index is 12.1. The summed E-state index contributed by atoms with van der Waals surface area (Å²) in [6.45, 7) is 1.42. The minimum absolute atomic E-state index is 0.0400. The van der Waals surface area contributed by atoms with Gasteiger partial charge in [0.15, 0.2) is 0 Å². The van der Waals surface area contributed by atoms with Crippen molar-refractivity contribution in [3.63, 3.8) is 0 Å². The molecule has 10 heteroatoms. The van der Waals surface area contributed by atoms with Crippen LogP contribution in [0.5, 0.6) is 0 Å². The van der Waals surface area contributed by atoms with E-state index in [1.54, 1.807) is 0 Å². The van der Waals surface area contributed by atoms with Gasteiger partial charge in [0.2, 0.25) is 0 Å². The van der Waals surface area contributed by atoms with E-state index in [1.807, 2.05) is 0 Å². The molecule has 128 valence electrons. The first-order valence-electron chi connectivity index (χ1n) is 6.90. The summed E-state index contributed by atoms with van der Waals surface area (Å²) in [7, 11) is 0. The molecule has 2 amide bonds. The van der Waals surface area contributed by atoms with Crippen molar-refractivity contribution in [2.24, 2.45) is 0 Å². The minimum atomic E-state index is -0.725. The quantitative estimate of drug-likeness (QED) is 0.640. The smallest absolute Gasteiger partial charge is 0.267 e. The van der Waals surface area contributed by atoms with E-state index in [4.69, 9.17) is 0 Å². The number of nitrogens with zero attached hydrogens (tertiary/aromatic N) is 2. The van der Waals surface area contributed by atoms with Crippen molar-refractivity contribution < 1.29 is 19.4 Å². The molecule has 0 saturated carbocycles. The standard InChI is InChI=1S/C15H12N4O6/c1-9-12(3-2-4-13(9)19(24)25)15(21)17-16-14(20)10-5-7-11(8-6-10)18(22)23/h2-8H,1H3,(H,16,20)(H,17,21). The first-order chi connectivity index (χ1) is 11.8. The summed E-state index contributed by atoms with van der Waals surface area (Å²) >= 11 is 0. The van der Waals surface area contributed by atoms with Gasteiger partial charge in [0.1, 0.15) is 0 Å². The van der Waals surface area contributed by atoms with Crippen LogP contribution in [0.1, 0.15) is 26.3 Å². The summed E-state index contributed by atoms with van der Waals surface area (Å²) in [4.78, 5) is 44.2. The van der Waals surface area contributed by atoms with E-state index >= 15 is 0 Å². The van der Waals surface area contributed by atoms with E-state index in [2.05, 4.69) is 10.9 Å². The Morgan fingerprint density at radius 1 is 0.880 bits per heavy atom. The van der Waals surface area contributed by atoms with Gasteiger partial charge in [0, 0.05) is 29.3 Å². The summed E-state index contributed by atoms with van der Waals surface area (Å²) in [5.74, 6) is -1.41. The van der Waals surface area contributed by atoms with Crippen LogP contribution in [0.15, 0.2) is 42.5 Å². The molecule has 0 atom stereocenters. The fourth-order valence-corrected chi connectivity index (χ4v) is 2.05. The number of rotatable bonds is 4. The molecule has 25 heavy (non-hydrogen) atoms. The van der Waals surface area contributed by atoms with Gasteiger partial charge in [-0.3, -0.25) is 40.7 Å². The highest BCUT2D eigenvalue weighted by Crippen LogP contribution is 2.20. The normalized spacial score (nSPS) is 9.96. The van der Waals surface area contributed by atoms with Gasteiger partial charge in [0.25, 0.3) is 23.2 Å². The second-order valence-electron chi connectivity index (χ2n) is 4.92. The molecule has 2 aromatic carbocycles. The fraction of sp³-hybridized carbons (Fsp3) is 0.0667. The van der Waals surface area contributed by atoms with Gasteiger partial charge in [-0.1, -0.05) is 6.07 Å². The molecule has 0 saturated heterocycles. The van der Waals surface area contributed by atoms with Crippen LogP contribution in [0.25, 0.3) is 0 Å². The predicted octanol–water partition coefficient (Wildman–Crippen LogP) is 1.89. The number of benzene rings is 2. The second-order valence-corrected chi connectivity index (χ2v) is 4.92. The van der Waals surface area contributed by atoms with Gasteiger partial charge in [-0.05, 0) is 25.1 Å². The molecule has 0 aliphatic heterocycles. The van der Waals surface area contributed by atoms with E-state index in [-0.39, 0.29) is 28.1 Å². The van der Waals surface area contributed by atoms with Gasteiger partial charge in [0.05, 0.1) is 15.4 Å². The van der Waals surface area contributed by atoms with E-state index in [0.717, 1.165) is 12.1 Å². The molecule has 0 unspecified atom stereocenters. The Morgan fingerprint density at radius 3 is 2.04 bits per heavy atom. The van der Waals surface area contributed by atoms with Crippen LogP contribution in [-0.2, 0) is 0 Å². The Labute approximate surface area is 140 Å². The number of non-ortho nitro benzene ring substituents is 1. The number of hydrogen-bond donors (Lipinski definition) is 2. The van der Waals surface area contributed by atoms with Gasteiger partial charge in [-0.15, -0.1) is 0 Å². The lowest BCUT2D eigenvalue weighted by Gasteiger charge is -2.09. The molecule has 0 fully saturated rings. The molecule has 0 spiro atoms. The van der Waals surface area contributed by atoms with Gasteiger partial charge >= 0.3 is 0 Å². The lowest BCUT2D eigenvalue weighted by Crippen LogP contribution is -2.41. The van der Waals surface area contributed by atoms with Crippen molar-refractivity contribution in [3.05, 3.63) is 79.4 Å². The monoisotopic (exact) mass is 344 g/mol. The van der Waals surface area contributed by atoms with E-state index in [9.17, 15) is 29.8 Å². The molecular formula is C15H12N4O6. The number of nitrogens with one attached hydrogen (secondary N) is 2. The highest BCUT2D eigenvalue weighted by atomic mass is 16.6. The highest BCUT2D eigenvalue weighted by Gasteiger charge is 2.18. The predicted molar refractivity (Wildman–Crippen MR) is 85.9 cm³/mol. The number of amides is 2. The first kappa shape index (κ1) is 17.5. The zero-order valence-corrected chi connectivity index (χ0v) is 12.9. The minimum Gasteiger partial charge on any atom is -0.267 e. The SMILES string of the molecule is Cc1c(C(=O)NNC(=O)c2ccc([N+](=O)[O-])cc2)cccc1[N+](=O)[O-]. The Morgan fingerprint density at radius 2 is 1.48 bits per heavy atom. The summed E-state index contributed by atoms with van der Waals surface area (Å²) in [6.07, 6.45) is 0. The third kappa shape index (κ3) is 3.93. The molecular weight excluding hydrogens is 332 g/mol. The molecule has 2 N–H and O–H groups in total. The molecule has 0 aromatic heterocycles. The van der Waals surface area contributed by atoms with Crippen LogP contribution < -0.4 is 10.9 Å². The maximum Gasteiger partial charge on any atom is 0.273 e. The largest absolute Gasteiger partial charge is 0.273 e. The zero-order chi connectivity index (χ0) is 18.6. The third-order valence-electron chi connectivity index (χ3n) is 3.38. The Hall–Kier alpha value is -3.82. The number of nitro benzene ring substituents is 2. The lowest BCUT2D eigenvalue weighted by atomic mass is 10.1. The molecule has 0 heterocycles. The number of hydrazine groups is 1. The Balaban J connectivity index is 2.07. The van der Waals surface area contributed by atoms with Gasteiger partial charge in [-0.2, -0.15) is 0 Å². The zero-order valence-electron chi connectivity index (χ0n) is 12.9. The van der Waals surface area contributed by atoms with Crippen molar-refractivity contribution in [2.45, 2.75) is 6.92 Å².